The van der Waals surface area contributed by atoms with Crippen LogP contribution in [0.2, 0.25) is 0 Å². The van der Waals surface area contributed by atoms with Crippen LogP contribution in [0.3, 0.4) is 0 Å². The minimum absolute atomic E-state index is 0.0822. The molecule has 142 valence electrons. The second-order valence-corrected chi connectivity index (χ2v) is 7.02. The lowest BCUT2D eigenvalue weighted by Crippen LogP contribution is -2.49. The number of carbonyl (C=O) groups is 2. The number of amides is 2. The van der Waals surface area contributed by atoms with Crippen molar-refractivity contribution in [2.24, 2.45) is 5.92 Å². The normalized spacial score (nSPS) is 20.8. The third-order valence-electron chi connectivity index (χ3n) is 5.23. The summed E-state index contributed by atoms with van der Waals surface area (Å²) < 4.78 is 5.16. The van der Waals surface area contributed by atoms with Gasteiger partial charge in [0, 0.05) is 31.4 Å². The summed E-state index contributed by atoms with van der Waals surface area (Å²) in [6.07, 6.45) is 8.64. The zero-order valence-electron chi connectivity index (χ0n) is 15.0. The van der Waals surface area contributed by atoms with Crippen LogP contribution in [0.15, 0.2) is 23.0 Å². The molecule has 2 aromatic rings. The summed E-state index contributed by atoms with van der Waals surface area (Å²) in [6, 6.07) is 2.01. The number of aromatic nitrogens is 4. The lowest BCUT2D eigenvalue weighted by molar-refractivity contribution is -0.140. The van der Waals surface area contributed by atoms with Crippen LogP contribution >= 0.6 is 0 Å². The quantitative estimate of drug-likeness (QED) is 0.844. The van der Waals surface area contributed by atoms with Gasteiger partial charge in [0.1, 0.15) is 0 Å². The monoisotopic (exact) mass is 370 g/mol. The highest BCUT2D eigenvalue weighted by Crippen LogP contribution is 2.28. The van der Waals surface area contributed by atoms with Gasteiger partial charge in [-0.15, -0.1) is 0 Å². The van der Waals surface area contributed by atoms with E-state index in [9.17, 15) is 9.59 Å². The Kier molecular flexibility index (Phi) is 5.08. The van der Waals surface area contributed by atoms with E-state index in [0.717, 1.165) is 25.7 Å². The molecule has 2 aliphatic rings. The first-order valence-corrected chi connectivity index (χ1v) is 9.38. The van der Waals surface area contributed by atoms with Gasteiger partial charge in [-0.05, 0) is 25.3 Å². The first kappa shape index (κ1) is 17.6. The molecule has 0 radical (unpaired) electrons. The van der Waals surface area contributed by atoms with Gasteiger partial charge in [-0.3, -0.25) is 9.59 Å². The van der Waals surface area contributed by atoms with Crippen LogP contribution in [-0.4, -0.2) is 49.4 Å². The van der Waals surface area contributed by atoms with Crippen LogP contribution in [0, 0.1) is 5.92 Å². The molecule has 4 rings (SSSR count). The van der Waals surface area contributed by atoms with E-state index in [-0.39, 0.29) is 30.1 Å². The van der Waals surface area contributed by atoms with Crippen LogP contribution in [0.1, 0.15) is 44.4 Å². The van der Waals surface area contributed by atoms with Gasteiger partial charge < -0.3 is 14.7 Å². The molecule has 2 aromatic heterocycles. The minimum atomic E-state index is -0.192. The lowest BCUT2D eigenvalue weighted by Gasteiger charge is -2.36. The summed E-state index contributed by atoms with van der Waals surface area (Å²) in [7, 11) is 0. The molecule has 0 unspecified atom stereocenters. The predicted molar refractivity (Wildman–Crippen MR) is 93.9 cm³/mol. The maximum Gasteiger partial charge on any atom is 0.246 e. The van der Waals surface area contributed by atoms with E-state index in [1.807, 2.05) is 4.90 Å². The van der Waals surface area contributed by atoms with E-state index >= 15 is 0 Å². The molecule has 0 aromatic carbocycles. The Bertz CT molecular complexity index is 802. The molecule has 3 heterocycles. The van der Waals surface area contributed by atoms with Crippen LogP contribution in [0.25, 0.3) is 11.6 Å². The van der Waals surface area contributed by atoms with E-state index in [1.165, 1.54) is 0 Å². The predicted octanol–water partition coefficient (Wildman–Crippen LogP) is 1.32. The van der Waals surface area contributed by atoms with Crippen molar-refractivity contribution in [3.05, 3.63) is 24.4 Å². The Morgan fingerprint density at radius 2 is 1.96 bits per heavy atom. The number of likely N-dealkylation sites (tertiary alicyclic amines) is 1. The Morgan fingerprint density at radius 1 is 1.19 bits per heavy atom. The fraction of sp³-hybridized carbons (Fsp3) is 0.556. The van der Waals surface area contributed by atoms with Crippen LogP contribution in [0.4, 0.5) is 0 Å². The van der Waals surface area contributed by atoms with Gasteiger partial charge in [0.2, 0.25) is 29.4 Å². The molecule has 1 saturated heterocycles. The van der Waals surface area contributed by atoms with Crippen LogP contribution in [-0.2, 0) is 16.1 Å². The number of carbonyl (C=O) groups excluding carboxylic acids is 2. The van der Waals surface area contributed by atoms with Crippen molar-refractivity contribution in [3.8, 4) is 11.6 Å². The average Bonchev–Trinajstić information content (AvgIpc) is 3.39. The summed E-state index contributed by atoms with van der Waals surface area (Å²) in [4.78, 5) is 39.0. The van der Waals surface area contributed by atoms with Crippen LogP contribution in [0.5, 0.6) is 0 Å². The zero-order valence-corrected chi connectivity index (χ0v) is 15.0. The highest BCUT2D eigenvalue weighted by Gasteiger charge is 2.35. The van der Waals surface area contributed by atoms with Crippen LogP contribution < -0.4 is 5.32 Å². The number of nitrogens with one attached hydrogen (secondary N) is 1. The topological polar surface area (TPSA) is 114 Å². The summed E-state index contributed by atoms with van der Waals surface area (Å²) in [5.74, 6) is 0.859. The van der Waals surface area contributed by atoms with E-state index < -0.39 is 0 Å². The van der Waals surface area contributed by atoms with Gasteiger partial charge in [-0.25, -0.2) is 9.97 Å². The molecule has 1 saturated carbocycles. The SMILES string of the molecule is O=C(NCc1nc(-c2ncccn2)no1)[C@@H]1CCC(=O)N(C2CCCC2)C1. The summed E-state index contributed by atoms with van der Waals surface area (Å²) in [6.45, 7) is 0.648. The fourth-order valence-corrected chi connectivity index (χ4v) is 3.79. The maximum absolute atomic E-state index is 12.6. The van der Waals surface area contributed by atoms with Crippen molar-refractivity contribution >= 4 is 11.8 Å². The molecule has 2 fully saturated rings. The maximum atomic E-state index is 12.6. The largest absolute Gasteiger partial charge is 0.347 e. The smallest absolute Gasteiger partial charge is 0.246 e. The van der Waals surface area contributed by atoms with Gasteiger partial charge in [0.05, 0.1) is 12.5 Å². The van der Waals surface area contributed by atoms with Crippen molar-refractivity contribution < 1.29 is 14.1 Å². The number of hydrogen-bond acceptors (Lipinski definition) is 7. The van der Waals surface area contributed by atoms with Gasteiger partial charge in [-0.2, -0.15) is 4.98 Å². The van der Waals surface area contributed by atoms with E-state index in [4.69, 9.17) is 4.52 Å². The highest BCUT2D eigenvalue weighted by atomic mass is 16.5. The number of rotatable bonds is 5. The van der Waals surface area contributed by atoms with E-state index in [1.54, 1.807) is 18.5 Å². The fourth-order valence-electron chi connectivity index (χ4n) is 3.79. The second-order valence-electron chi connectivity index (χ2n) is 7.02. The molecular formula is C18H22N6O3. The lowest BCUT2D eigenvalue weighted by atomic mass is 9.95. The van der Waals surface area contributed by atoms with Crippen molar-refractivity contribution in [3.63, 3.8) is 0 Å². The first-order chi connectivity index (χ1) is 13.2. The van der Waals surface area contributed by atoms with Gasteiger partial charge >= 0.3 is 0 Å². The third kappa shape index (κ3) is 3.96. The van der Waals surface area contributed by atoms with Gasteiger partial charge in [0.15, 0.2) is 0 Å². The van der Waals surface area contributed by atoms with Gasteiger partial charge in [0.25, 0.3) is 0 Å². The number of piperidine rings is 1. The molecule has 0 spiro atoms. The zero-order chi connectivity index (χ0) is 18.6. The molecule has 9 heteroatoms. The minimum Gasteiger partial charge on any atom is -0.347 e. The average molecular weight is 370 g/mol. The number of hydrogen-bond donors (Lipinski definition) is 1. The molecule has 9 nitrogen and oxygen atoms in total. The molecule has 0 bridgehead atoms. The van der Waals surface area contributed by atoms with Crippen molar-refractivity contribution in [2.75, 3.05) is 6.54 Å². The summed E-state index contributed by atoms with van der Waals surface area (Å²) in [5, 5.41) is 6.68. The molecule has 1 atom stereocenters. The Labute approximate surface area is 156 Å². The van der Waals surface area contributed by atoms with E-state index in [0.29, 0.717) is 37.1 Å². The molecule has 27 heavy (non-hydrogen) atoms. The molecule has 1 aliphatic heterocycles. The Hall–Kier alpha value is -2.84. The molecular weight excluding hydrogens is 348 g/mol. The second kappa shape index (κ2) is 7.81. The van der Waals surface area contributed by atoms with Gasteiger partial charge in [-0.1, -0.05) is 18.0 Å². The molecule has 1 N–H and O–H groups in total. The first-order valence-electron chi connectivity index (χ1n) is 9.38. The highest BCUT2D eigenvalue weighted by molar-refractivity contribution is 5.84. The third-order valence-corrected chi connectivity index (χ3v) is 5.23. The molecule has 1 aliphatic carbocycles. The molecule has 2 amide bonds. The van der Waals surface area contributed by atoms with Crippen molar-refractivity contribution in [2.45, 2.75) is 51.1 Å². The summed E-state index contributed by atoms with van der Waals surface area (Å²) in [5.41, 5.74) is 0. The van der Waals surface area contributed by atoms with Crippen molar-refractivity contribution in [1.82, 2.24) is 30.3 Å². The van der Waals surface area contributed by atoms with E-state index in [2.05, 4.69) is 25.4 Å². The standard InChI is InChI=1S/C18H22N6O3/c25-15-7-6-12(11-24(15)13-4-1-2-5-13)18(26)21-10-14-22-17(23-27-14)16-19-8-3-9-20-16/h3,8-9,12-13H,1-2,4-7,10-11H2,(H,21,26)/t12-/m1/s1. The Morgan fingerprint density at radius 3 is 2.74 bits per heavy atom. The number of nitrogens with zero attached hydrogens (tertiary/aromatic N) is 5. The van der Waals surface area contributed by atoms with Crippen molar-refractivity contribution in [1.29, 1.82) is 0 Å². The Balaban J connectivity index is 1.33. The summed E-state index contributed by atoms with van der Waals surface area (Å²) >= 11 is 0.